The molecule has 1 aliphatic heterocycles. The second kappa shape index (κ2) is 7.22. The number of hydrogen-bond acceptors (Lipinski definition) is 5. The molecule has 0 spiro atoms. The highest BCUT2D eigenvalue weighted by atomic mass is 35.5. The number of likely N-dealkylation sites (tertiary alicyclic amines) is 1. The Hall–Kier alpha value is -2.15. The van der Waals surface area contributed by atoms with Gasteiger partial charge in [-0.15, -0.1) is 0 Å². The maximum absolute atomic E-state index is 12.0. The van der Waals surface area contributed by atoms with E-state index in [1.165, 1.54) is 12.3 Å². The maximum atomic E-state index is 12.0. The highest BCUT2D eigenvalue weighted by Gasteiger charge is 2.26. The molecular formula is C14H16ClN3O4. The molecule has 2 heterocycles. The number of esters is 1. The number of halogens is 1. The van der Waals surface area contributed by atoms with E-state index in [0.29, 0.717) is 25.9 Å². The molecule has 1 aromatic rings. The molecule has 7 nitrogen and oxygen atoms in total. The quantitative estimate of drug-likeness (QED) is 0.645. The first-order valence-corrected chi connectivity index (χ1v) is 7.21. The molecule has 118 valence electrons. The summed E-state index contributed by atoms with van der Waals surface area (Å²) in [6.45, 7) is 0.487. The van der Waals surface area contributed by atoms with Gasteiger partial charge in [-0.1, -0.05) is 11.6 Å². The number of primary amides is 1. The van der Waals surface area contributed by atoms with Gasteiger partial charge < -0.3 is 15.4 Å². The number of carbonyl (C=O) groups is 3. The van der Waals surface area contributed by atoms with E-state index in [9.17, 15) is 14.4 Å². The Kier molecular flexibility index (Phi) is 5.32. The van der Waals surface area contributed by atoms with Crippen LogP contribution in [0.4, 0.5) is 0 Å². The number of pyridine rings is 1. The molecule has 2 N–H and O–H groups in total. The van der Waals surface area contributed by atoms with Gasteiger partial charge in [0.15, 0.2) is 6.61 Å². The summed E-state index contributed by atoms with van der Waals surface area (Å²) in [4.78, 5) is 40.2. The number of piperidine rings is 1. The SMILES string of the molecule is NC(=O)C1CCN(C(=O)COC(=O)c2cccnc2Cl)CC1. The van der Waals surface area contributed by atoms with E-state index in [1.54, 1.807) is 11.0 Å². The van der Waals surface area contributed by atoms with Crippen molar-refractivity contribution in [1.29, 1.82) is 0 Å². The van der Waals surface area contributed by atoms with Gasteiger partial charge in [0, 0.05) is 25.2 Å². The highest BCUT2D eigenvalue weighted by molar-refractivity contribution is 6.32. The third-order valence-electron chi connectivity index (χ3n) is 3.56. The van der Waals surface area contributed by atoms with Gasteiger partial charge in [-0.3, -0.25) is 9.59 Å². The van der Waals surface area contributed by atoms with Crippen molar-refractivity contribution in [3.05, 3.63) is 29.0 Å². The van der Waals surface area contributed by atoms with E-state index in [-0.39, 0.29) is 35.1 Å². The number of nitrogens with zero attached hydrogens (tertiary/aromatic N) is 2. The lowest BCUT2D eigenvalue weighted by Gasteiger charge is -2.30. The lowest BCUT2D eigenvalue weighted by molar-refractivity contribution is -0.137. The van der Waals surface area contributed by atoms with Gasteiger partial charge in [-0.25, -0.2) is 9.78 Å². The monoisotopic (exact) mass is 325 g/mol. The molecule has 0 unspecified atom stereocenters. The van der Waals surface area contributed by atoms with Crippen LogP contribution in [-0.4, -0.2) is 47.4 Å². The zero-order valence-electron chi connectivity index (χ0n) is 11.8. The fourth-order valence-electron chi connectivity index (χ4n) is 2.25. The van der Waals surface area contributed by atoms with Crippen molar-refractivity contribution in [2.24, 2.45) is 11.7 Å². The van der Waals surface area contributed by atoms with Crippen molar-refractivity contribution in [2.75, 3.05) is 19.7 Å². The van der Waals surface area contributed by atoms with Crippen LogP contribution in [0.15, 0.2) is 18.3 Å². The molecule has 1 aromatic heterocycles. The van der Waals surface area contributed by atoms with Gasteiger partial charge in [0.1, 0.15) is 5.15 Å². The summed E-state index contributed by atoms with van der Waals surface area (Å²) in [5.74, 6) is -1.54. The summed E-state index contributed by atoms with van der Waals surface area (Å²) in [5, 5.41) is 0.0298. The number of ether oxygens (including phenoxy) is 1. The van der Waals surface area contributed by atoms with Gasteiger partial charge in [-0.2, -0.15) is 0 Å². The molecule has 2 rings (SSSR count). The lowest BCUT2D eigenvalue weighted by atomic mass is 9.96. The van der Waals surface area contributed by atoms with Gasteiger partial charge in [0.05, 0.1) is 5.56 Å². The fraction of sp³-hybridized carbons (Fsp3) is 0.429. The average molecular weight is 326 g/mol. The number of aromatic nitrogens is 1. The van der Waals surface area contributed by atoms with E-state index in [2.05, 4.69) is 4.98 Å². The summed E-state index contributed by atoms with van der Waals surface area (Å²) in [7, 11) is 0. The third-order valence-corrected chi connectivity index (χ3v) is 3.86. The molecule has 0 aliphatic carbocycles. The van der Waals surface area contributed by atoms with Crippen molar-refractivity contribution in [3.63, 3.8) is 0 Å². The fourth-order valence-corrected chi connectivity index (χ4v) is 2.44. The van der Waals surface area contributed by atoms with Crippen LogP contribution < -0.4 is 5.73 Å². The van der Waals surface area contributed by atoms with Gasteiger partial charge in [0.2, 0.25) is 5.91 Å². The number of rotatable bonds is 4. The minimum Gasteiger partial charge on any atom is -0.452 e. The molecule has 0 aromatic carbocycles. The topological polar surface area (TPSA) is 103 Å². The third kappa shape index (κ3) is 3.94. The Balaban J connectivity index is 1.82. The lowest BCUT2D eigenvalue weighted by Crippen LogP contribution is -2.43. The number of carbonyl (C=O) groups excluding carboxylic acids is 3. The summed E-state index contributed by atoms with van der Waals surface area (Å²) >= 11 is 5.78. The molecule has 1 fully saturated rings. The molecular weight excluding hydrogens is 310 g/mol. The maximum Gasteiger partial charge on any atom is 0.341 e. The van der Waals surface area contributed by atoms with Crippen molar-refractivity contribution >= 4 is 29.4 Å². The zero-order valence-corrected chi connectivity index (χ0v) is 12.6. The smallest absolute Gasteiger partial charge is 0.341 e. The molecule has 0 saturated carbocycles. The Morgan fingerprint density at radius 1 is 1.36 bits per heavy atom. The first-order valence-electron chi connectivity index (χ1n) is 6.83. The number of nitrogens with two attached hydrogens (primary N) is 1. The minimum absolute atomic E-state index is 0.0298. The van der Waals surface area contributed by atoms with Crippen LogP contribution in [0.25, 0.3) is 0 Å². The molecule has 0 radical (unpaired) electrons. The van der Waals surface area contributed by atoms with Crippen LogP contribution in [0.5, 0.6) is 0 Å². The van der Waals surface area contributed by atoms with E-state index < -0.39 is 5.97 Å². The standard InChI is InChI=1S/C14H16ClN3O4/c15-12-10(2-1-5-17-12)14(21)22-8-11(19)18-6-3-9(4-7-18)13(16)20/h1-2,5,9H,3-4,6-8H2,(H2,16,20). The normalized spacial score (nSPS) is 15.4. The summed E-state index contributed by atoms with van der Waals surface area (Å²) in [6, 6.07) is 3.03. The summed E-state index contributed by atoms with van der Waals surface area (Å²) in [6.07, 6.45) is 2.51. The van der Waals surface area contributed by atoms with Crippen LogP contribution in [-0.2, 0) is 14.3 Å². The van der Waals surface area contributed by atoms with Gasteiger partial charge in [0.25, 0.3) is 5.91 Å². The van der Waals surface area contributed by atoms with E-state index >= 15 is 0 Å². The Morgan fingerprint density at radius 2 is 2.05 bits per heavy atom. The van der Waals surface area contributed by atoms with E-state index in [0.717, 1.165) is 0 Å². The van der Waals surface area contributed by atoms with Gasteiger partial charge >= 0.3 is 5.97 Å². The predicted octanol–water partition coefficient (Wildman–Crippen LogP) is 0.616. The summed E-state index contributed by atoms with van der Waals surface area (Å²) < 4.78 is 4.95. The number of amides is 2. The van der Waals surface area contributed by atoms with Gasteiger partial charge in [-0.05, 0) is 25.0 Å². The molecule has 22 heavy (non-hydrogen) atoms. The second-order valence-corrected chi connectivity index (χ2v) is 5.33. The van der Waals surface area contributed by atoms with Crippen molar-refractivity contribution in [3.8, 4) is 0 Å². The Bertz CT molecular complexity index is 585. The predicted molar refractivity (Wildman–Crippen MR) is 78.0 cm³/mol. The Labute approximate surface area is 132 Å². The Morgan fingerprint density at radius 3 is 2.64 bits per heavy atom. The van der Waals surface area contributed by atoms with Crippen molar-refractivity contribution in [2.45, 2.75) is 12.8 Å². The van der Waals surface area contributed by atoms with Crippen LogP contribution in [0, 0.1) is 5.92 Å². The molecule has 8 heteroatoms. The van der Waals surface area contributed by atoms with Crippen LogP contribution in [0.3, 0.4) is 0 Å². The van der Waals surface area contributed by atoms with E-state index in [1.807, 2.05) is 0 Å². The van der Waals surface area contributed by atoms with Crippen molar-refractivity contribution < 1.29 is 19.1 Å². The van der Waals surface area contributed by atoms with Crippen molar-refractivity contribution in [1.82, 2.24) is 9.88 Å². The second-order valence-electron chi connectivity index (χ2n) is 4.98. The first-order chi connectivity index (χ1) is 10.5. The molecule has 1 aliphatic rings. The molecule has 2 amide bonds. The average Bonchev–Trinajstić information content (AvgIpc) is 2.52. The molecule has 0 bridgehead atoms. The molecule has 1 saturated heterocycles. The van der Waals surface area contributed by atoms with E-state index in [4.69, 9.17) is 22.1 Å². The largest absolute Gasteiger partial charge is 0.452 e. The zero-order chi connectivity index (χ0) is 16.1. The molecule has 0 atom stereocenters. The van der Waals surface area contributed by atoms with Crippen LogP contribution in [0.1, 0.15) is 23.2 Å². The number of hydrogen-bond donors (Lipinski definition) is 1. The van der Waals surface area contributed by atoms with Crippen LogP contribution >= 0.6 is 11.6 Å². The van der Waals surface area contributed by atoms with Crippen LogP contribution in [0.2, 0.25) is 5.15 Å². The minimum atomic E-state index is -0.696. The highest BCUT2D eigenvalue weighted by Crippen LogP contribution is 2.17. The first kappa shape index (κ1) is 16.2. The summed E-state index contributed by atoms with van der Waals surface area (Å²) in [5.41, 5.74) is 5.35.